The van der Waals surface area contributed by atoms with Gasteiger partial charge in [-0.2, -0.15) is 4.98 Å². The Morgan fingerprint density at radius 3 is 2.62 bits per heavy atom. The summed E-state index contributed by atoms with van der Waals surface area (Å²) in [6.07, 6.45) is 6.98. The fraction of sp³-hybridized carbons (Fsp3) is 0.393. The highest BCUT2D eigenvalue weighted by molar-refractivity contribution is 6.32. The summed E-state index contributed by atoms with van der Waals surface area (Å²) in [5.74, 6) is 2.33. The second kappa shape index (κ2) is 10.9. The van der Waals surface area contributed by atoms with Gasteiger partial charge in [-0.3, -0.25) is 0 Å². The first-order valence-corrected chi connectivity index (χ1v) is 13.7. The number of pyridine rings is 1. The number of nitrogens with zero attached hydrogens (tertiary/aromatic N) is 7. The van der Waals surface area contributed by atoms with Gasteiger partial charge in [-0.25, -0.2) is 9.97 Å². The number of hydrogen-bond acceptors (Lipinski definition) is 9. The van der Waals surface area contributed by atoms with Crippen LogP contribution in [0.1, 0.15) is 12.0 Å². The molecule has 0 saturated carbocycles. The van der Waals surface area contributed by atoms with Crippen molar-refractivity contribution in [3.63, 3.8) is 0 Å². The molecule has 2 aliphatic heterocycles. The quantitative estimate of drug-likeness (QED) is 0.361. The Bertz CT molecular complexity index is 1470. The van der Waals surface area contributed by atoms with E-state index in [1.807, 2.05) is 36.1 Å². The van der Waals surface area contributed by atoms with Crippen molar-refractivity contribution in [3.8, 4) is 17.0 Å². The lowest BCUT2D eigenvalue weighted by Gasteiger charge is -2.36. The third kappa shape index (κ3) is 5.07. The number of likely N-dealkylation sites (N-methyl/N-ethyl adjacent to an activating group) is 1. The highest BCUT2D eigenvalue weighted by Gasteiger charge is 2.25. The lowest BCUT2D eigenvalue weighted by atomic mass is 10.1. The number of halogens is 1. The lowest BCUT2D eigenvalue weighted by Crippen LogP contribution is -2.47. The first-order chi connectivity index (χ1) is 19.1. The van der Waals surface area contributed by atoms with Gasteiger partial charge < -0.3 is 34.3 Å². The van der Waals surface area contributed by atoms with E-state index in [4.69, 9.17) is 26.3 Å². The van der Waals surface area contributed by atoms with Crippen LogP contribution < -0.4 is 24.8 Å². The maximum absolute atomic E-state index is 9.92. The standard InChI is InChI=1S/C28H33ClN8O2/c1-30-20-4-7-37(16-20)28-31-6-3-26(33-28)35-11-9-34(10-12-35)21-5-8-36-17-24(32-27(36)14-21)22-15-23(29)25(39-2)13-19(22)18-38/h3,5-6,8,13-15,17,20,30,38H,4,7,9-12,16,18H2,1-2H3. The minimum absolute atomic E-state index is 0.130. The summed E-state index contributed by atoms with van der Waals surface area (Å²) in [5.41, 5.74) is 4.24. The predicted octanol–water partition coefficient (Wildman–Crippen LogP) is 3.07. The van der Waals surface area contributed by atoms with Crippen molar-refractivity contribution < 1.29 is 9.84 Å². The van der Waals surface area contributed by atoms with Crippen molar-refractivity contribution in [2.45, 2.75) is 19.1 Å². The number of ether oxygens (including phenoxy) is 1. The molecule has 2 saturated heterocycles. The van der Waals surface area contributed by atoms with E-state index in [0.717, 1.165) is 85.6 Å². The van der Waals surface area contributed by atoms with E-state index in [9.17, 15) is 5.11 Å². The van der Waals surface area contributed by atoms with Gasteiger partial charge in [0.25, 0.3) is 0 Å². The molecule has 0 bridgehead atoms. The molecule has 1 atom stereocenters. The van der Waals surface area contributed by atoms with E-state index in [1.165, 1.54) is 0 Å². The number of fused-ring (bicyclic) bond motifs is 1. The molecule has 3 aromatic heterocycles. The van der Waals surface area contributed by atoms with E-state index in [-0.39, 0.29) is 6.61 Å². The maximum atomic E-state index is 9.92. The number of nitrogens with one attached hydrogen (secondary N) is 1. The van der Waals surface area contributed by atoms with Crippen LogP contribution in [0.5, 0.6) is 5.75 Å². The number of aromatic nitrogens is 4. The van der Waals surface area contributed by atoms with Gasteiger partial charge in [-0.1, -0.05) is 11.6 Å². The smallest absolute Gasteiger partial charge is 0.227 e. The number of hydrogen-bond donors (Lipinski definition) is 2. The first-order valence-electron chi connectivity index (χ1n) is 13.3. The number of methoxy groups -OCH3 is 1. The molecule has 1 unspecified atom stereocenters. The normalized spacial score (nSPS) is 17.8. The van der Waals surface area contributed by atoms with Gasteiger partial charge in [-0.05, 0) is 43.3 Å². The summed E-state index contributed by atoms with van der Waals surface area (Å²) >= 11 is 6.38. The minimum atomic E-state index is -0.130. The van der Waals surface area contributed by atoms with Crippen molar-refractivity contribution in [1.29, 1.82) is 0 Å². The van der Waals surface area contributed by atoms with Crippen LogP contribution in [-0.4, -0.2) is 83.9 Å². The van der Waals surface area contributed by atoms with E-state index in [2.05, 4.69) is 37.1 Å². The van der Waals surface area contributed by atoms with E-state index >= 15 is 0 Å². The van der Waals surface area contributed by atoms with Crippen LogP contribution in [-0.2, 0) is 6.61 Å². The number of anilines is 3. The molecular weight excluding hydrogens is 516 g/mol. The Labute approximate surface area is 232 Å². The van der Waals surface area contributed by atoms with E-state index in [1.54, 1.807) is 19.2 Å². The summed E-state index contributed by atoms with van der Waals surface area (Å²) in [6.45, 7) is 5.32. The number of imidazole rings is 1. The summed E-state index contributed by atoms with van der Waals surface area (Å²) < 4.78 is 7.30. The third-order valence-corrected chi connectivity index (χ3v) is 8.04. The predicted molar refractivity (Wildman–Crippen MR) is 154 cm³/mol. The van der Waals surface area contributed by atoms with Crippen LogP contribution in [0.15, 0.2) is 48.9 Å². The fourth-order valence-electron chi connectivity index (χ4n) is 5.46. The van der Waals surface area contributed by atoms with Gasteiger partial charge in [0.2, 0.25) is 5.95 Å². The summed E-state index contributed by atoms with van der Waals surface area (Å²) in [7, 11) is 3.57. The third-order valence-electron chi connectivity index (χ3n) is 7.74. The highest BCUT2D eigenvalue weighted by Crippen LogP contribution is 2.34. The highest BCUT2D eigenvalue weighted by atomic mass is 35.5. The average molecular weight is 549 g/mol. The van der Waals surface area contributed by atoms with Crippen molar-refractivity contribution in [2.24, 2.45) is 0 Å². The zero-order valence-corrected chi connectivity index (χ0v) is 23.0. The van der Waals surface area contributed by atoms with Crippen LogP contribution in [0.25, 0.3) is 16.9 Å². The van der Waals surface area contributed by atoms with Crippen LogP contribution in [0.3, 0.4) is 0 Å². The van der Waals surface area contributed by atoms with Gasteiger partial charge in [0.1, 0.15) is 17.2 Å². The molecule has 6 rings (SSSR count). The zero-order chi connectivity index (χ0) is 26.9. The van der Waals surface area contributed by atoms with E-state index < -0.39 is 0 Å². The Morgan fingerprint density at radius 1 is 1.05 bits per heavy atom. The Kier molecular flexibility index (Phi) is 7.16. The van der Waals surface area contributed by atoms with Crippen LogP contribution in [0.4, 0.5) is 17.5 Å². The molecule has 0 aliphatic carbocycles. The molecule has 11 heteroatoms. The minimum Gasteiger partial charge on any atom is -0.495 e. The summed E-state index contributed by atoms with van der Waals surface area (Å²) in [6, 6.07) is 10.3. The van der Waals surface area contributed by atoms with Crippen LogP contribution in [0, 0.1) is 0 Å². The molecule has 0 radical (unpaired) electrons. The Morgan fingerprint density at radius 2 is 1.87 bits per heavy atom. The zero-order valence-electron chi connectivity index (χ0n) is 22.2. The van der Waals surface area contributed by atoms with Crippen molar-refractivity contribution in [3.05, 3.63) is 59.5 Å². The molecular formula is C28H33ClN8O2. The number of piperazine rings is 1. The van der Waals surface area contributed by atoms with E-state index in [0.29, 0.717) is 16.8 Å². The Hall–Kier alpha value is -3.60. The average Bonchev–Trinajstić information content (AvgIpc) is 3.64. The number of benzene rings is 1. The molecule has 4 aromatic rings. The number of aliphatic hydroxyl groups is 1. The van der Waals surface area contributed by atoms with Gasteiger partial charge in [0, 0.05) is 81.2 Å². The van der Waals surface area contributed by atoms with Crippen molar-refractivity contribution in [1.82, 2.24) is 24.7 Å². The molecule has 5 heterocycles. The number of rotatable bonds is 7. The molecule has 0 amide bonds. The van der Waals surface area contributed by atoms with Crippen LogP contribution >= 0.6 is 11.6 Å². The molecule has 2 fully saturated rings. The molecule has 10 nitrogen and oxygen atoms in total. The summed E-state index contributed by atoms with van der Waals surface area (Å²) in [5, 5.41) is 13.8. The number of aliphatic hydroxyl groups excluding tert-OH is 1. The second-order valence-electron chi connectivity index (χ2n) is 9.99. The van der Waals surface area contributed by atoms with Crippen LogP contribution in [0.2, 0.25) is 5.02 Å². The van der Waals surface area contributed by atoms with Gasteiger partial charge in [0.05, 0.1) is 24.4 Å². The topological polar surface area (TPSA) is 94.3 Å². The molecule has 2 aliphatic rings. The Balaban J connectivity index is 1.16. The second-order valence-corrected chi connectivity index (χ2v) is 10.4. The van der Waals surface area contributed by atoms with Gasteiger partial charge in [0.15, 0.2) is 0 Å². The molecule has 2 N–H and O–H groups in total. The van der Waals surface area contributed by atoms with Crippen molar-refractivity contribution in [2.75, 3.05) is 68.1 Å². The van der Waals surface area contributed by atoms with Gasteiger partial charge in [-0.15, -0.1) is 0 Å². The lowest BCUT2D eigenvalue weighted by molar-refractivity contribution is 0.281. The SMILES string of the molecule is CNC1CCN(c2nccc(N3CCN(c4ccn5cc(-c6cc(Cl)c(OC)cc6CO)nc5c4)CC3)n2)C1. The summed E-state index contributed by atoms with van der Waals surface area (Å²) in [4.78, 5) is 21.3. The van der Waals surface area contributed by atoms with Crippen molar-refractivity contribution >= 4 is 34.7 Å². The first kappa shape index (κ1) is 25.7. The molecule has 204 valence electrons. The van der Waals surface area contributed by atoms with Gasteiger partial charge >= 0.3 is 0 Å². The molecule has 39 heavy (non-hydrogen) atoms. The molecule has 0 spiro atoms. The maximum Gasteiger partial charge on any atom is 0.227 e. The molecule has 1 aromatic carbocycles. The largest absolute Gasteiger partial charge is 0.495 e. The monoisotopic (exact) mass is 548 g/mol. The fourth-order valence-corrected chi connectivity index (χ4v) is 5.70.